The number of hydrogen-bond donors (Lipinski definition) is 2. The van der Waals surface area contributed by atoms with Crippen molar-refractivity contribution in [2.75, 3.05) is 19.6 Å². The monoisotopic (exact) mass is 525 g/mol. The maximum Gasteiger partial charge on any atom is 1.00 e. The number of carbonyl (C=O) groups excluding carboxylic acids is 3. The van der Waals surface area contributed by atoms with Crippen molar-refractivity contribution in [3.63, 3.8) is 0 Å². The molecule has 34 heavy (non-hydrogen) atoms. The van der Waals surface area contributed by atoms with E-state index in [1.807, 2.05) is 0 Å². The van der Waals surface area contributed by atoms with E-state index in [2.05, 4.69) is 19.9 Å². The predicted molar refractivity (Wildman–Crippen MR) is 114 cm³/mol. The third-order valence-electron chi connectivity index (χ3n) is 4.59. The molecule has 2 aliphatic heterocycles. The van der Waals surface area contributed by atoms with E-state index in [-0.39, 0.29) is 61.5 Å². The maximum atomic E-state index is 12.7. The standard InChI is InChI=1S/C18H25N5O8S2.Na/c1-18(2,3)30-16(25)20-5-4-14(24)21-9-13-12(15-19-6-7-32-15)8-11-10-22(13)17(26)23(11)31-33(27,28)29;/h6-8,11,13H,4-5,9-10H2,1-3H3,(H,20,25)(H,21,24)(H,27,28,29);/q;+1/p-1/t11-,13-;/m1./s1. The van der Waals surface area contributed by atoms with Gasteiger partial charge >= 0.3 is 41.7 Å². The summed E-state index contributed by atoms with van der Waals surface area (Å²) in [5.41, 5.74) is -0.0640. The molecule has 182 valence electrons. The molecule has 2 aliphatic rings. The predicted octanol–water partition coefficient (Wildman–Crippen LogP) is -2.56. The molecule has 1 aromatic rings. The van der Waals surface area contributed by atoms with Gasteiger partial charge in [-0.05, 0) is 26.8 Å². The number of nitrogens with zero attached hydrogens (tertiary/aromatic N) is 3. The largest absolute Gasteiger partial charge is 1.00 e. The molecule has 0 saturated carbocycles. The Bertz CT molecular complexity index is 1040. The van der Waals surface area contributed by atoms with Crippen molar-refractivity contribution in [1.82, 2.24) is 25.6 Å². The van der Waals surface area contributed by atoms with Crippen LogP contribution < -0.4 is 40.2 Å². The number of amides is 4. The van der Waals surface area contributed by atoms with Crippen LogP contribution in [0.1, 0.15) is 32.2 Å². The summed E-state index contributed by atoms with van der Waals surface area (Å²) in [5.74, 6) is -0.381. The van der Waals surface area contributed by atoms with Gasteiger partial charge in [0.15, 0.2) is 0 Å². The summed E-state index contributed by atoms with van der Waals surface area (Å²) in [7, 11) is -5.15. The average Bonchev–Trinajstić information content (AvgIpc) is 3.28. The summed E-state index contributed by atoms with van der Waals surface area (Å²) < 4.78 is 42.5. The number of urea groups is 1. The molecule has 3 heterocycles. The van der Waals surface area contributed by atoms with Gasteiger partial charge in [0.05, 0.1) is 12.1 Å². The number of carbonyl (C=O) groups is 3. The third-order valence-corrected chi connectivity index (χ3v) is 5.76. The molecule has 13 nitrogen and oxygen atoms in total. The van der Waals surface area contributed by atoms with Crippen LogP contribution >= 0.6 is 11.3 Å². The van der Waals surface area contributed by atoms with Gasteiger partial charge in [-0.2, -0.15) is 9.35 Å². The summed E-state index contributed by atoms with van der Waals surface area (Å²) in [4.78, 5) is 42.2. The minimum absolute atomic E-state index is 0. The van der Waals surface area contributed by atoms with Gasteiger partial charge < -0.3 is 24.8 Å². The van der Waals surface area contributed by atoms with Crippen molar-refractivity contribution >= 4 is 45.3 Å². The van der Waals surface area contributed by atoms with Gasteiger partial charge in [0.25, 0.3) is 0 Å². The van der Waals surface area contributed by atoms with Gasteiger partial charge in [0.2, 0.25) is 16.3 Å². The third kappa shape index (κ3) is 7.63. The Morgan fingerprint density at radius 3 is 2.62 bits per heavy atom. The molecule has 4 amide bonds. The zero-order valence-corrected chi connectivity index (χ0v) is 22.8. The number of fused-ring (bicyclic) bond motifs is 2. The second-order valence-electron chi connectivity index (χ2n) is 8.27. The SMILES string of the molecule is CC(C)(C)OC(=O)NCCC(=O)NC[C@@H]1C(c2nccs2)=C[C@@H]2CN1C(=O)N2OS(=O)(=O)[O-].[Na+]. The summed E-state index contributed by atoms with van der Waals surface area (Å²) in [6, 6.07) is -2.27. The number of hydrogen-bond acceptors (Lipinski definition) is 10. The van der Waals surface area contributed by atoms with Crippen molar-refractivity contribution < 1.29 is 65.9 Å². The Morgan fingerprint density at radius 2 is 2.03 bits per heavy atom. The number of ether oxygens (including phenoxy) is 1. The minimum Gasteiger partial charge on any atom is -0.724 e. The van der Waals surface area contributed by atoms with Crippen LogP contribution in [0.5, 0.6) is 0 Å². The summed E-state index contributed by atoms with van der Waals surface area (Å²) in [6.07, 6.45) is 2.51. The summed E-state index contributed by atoms with van der Waals surface area (Å²) in [5, 5.41) is 8.02. The number of thiazole rings is 1. The van der Waals surface area contributed by atoms with Gasteiger partial charge in [-0.15, -0.1) is 11.3 Å². The molecule has 16 heteroatoms. The summed E-state index contributed by atoms with van der Waals surface area (Å²) in [6.45, 7) is 5.30. The normalized spacial score (nSPS) is 19.9. The van der Waals surface area contributed by atoms with Crippen LogP contribution in [-0.2, 0) is 24.2 Å². The van der Waals surface area contributed by atoms with Crippen molar-refractivity contribution in [2.24, 2.45) is 0 Å². The first-order valence-electron chi connectivity index (χ1n) is 9.94. The number of aromatic nitrogens is 1. The Hall–Kier alpha value is -1.75. The van der Waals surface area contributed by atoms with Crippen molar-refractivity contribution in [2.45, 2.75) is 44.9 Å². The quantitative estimate of drug-likeness (QED) is 0.211. The minimum atomic E-state index is -5.15. The zero-order valence-electron chi connectivity index (χ0n) is 19.1. The Balaban J connectivity index is 0.00000408. The molecule has 1 saturated heterocycles. The van der Waals surface area contributed by atoms with E-state index in [9.17, 15) is 27.4 Å². The van der Waals surface area contributed by atoms with Gasteiger partial charge in [0.1, 0.15) is 10.6 Å². The Kier molecular flexibility index (Phi) is 9.49. The van der Waals surface area contributed by atoms with E-state index in [1.165, 1.54) is 16.2 Å². The van der Waals surface area contributed by atoms with Crippen LogP contribution in [0.2, 0.25) is 0 Å². The van der Waals surface area contributed by atoms with E-state index in [0.717, 1.165) is 0 Å². The van der Waals surface area contributed by atoms with E-state index < -0.39 is 40.2 Å². The first-order chi connectivity index (χ1) is 15.3. The Morgan fingerprint density at radius 1 is 1.32 bits per heavy atom. The summed E-state index contributed by atoms with van der Waals surface area (Å²) >= 11 is 1.31. The first kappa shape index (κ1) is 28.5. The fourth-order valence-corrected chi connectivity index (χ4v) is 4.45. The zero-order chi connectivity index (χ0) is 24.4. The molecule has 0 aliphatic carbocycles. The molecule has 2 bridgehead atoms. The van der Waals surface area contributed by atoms with Gasteiger partial charge in [0, 0.05) is 43.2 Å². The van der Waals surface area contributed by atoms with Crippen LogP contribution in [0.15, 0.2) is 17.7 Å². The number of hydroxylamine groups is 2. The van der Waals surface area contributed by atoms with Crippen molar-refractivity contribution in [3.05, 3.63) is 22.7 Å². The number of nitrogens with one attached hydrogen (secondary N) is 2. The molecule has 2 atom stereocenters. The van der Waals surface area contributed by atoms with Gasteiger partial charge in [-0.3, -0.25) is 4.79 Å². The Labute approximate surface area is 223 Å². The molecule has 0 spiro atoms. The molecule has 1 fully saturated rings. The molecule has 2 N–H and O–H groups in total. The average molecular weight is 526 g/mol. The second kappa shape index (κ2) is 11.3. The maximum absolute atomic E-state index is 12.7. The molecular weight excluding hydrogens is 501 g/mol. The topological polar surface area (TPSA) is 170 Å². The fraction of sp³-hybridized carbons (Fsp3) is 0.556. The van der Waals surface area contributed by atoms with Crippen LogP contribution in [0.25, 0.3) is 5.57 Å². The van der Waals surface area contributed by atoms with Crippen LogP contribution in [0.3, 0.4) is 0 Å². The first-order valence-corrected chi connectivity index (χ1v) is 12.2. The van der Waals surface area contributed by atoms with Crippen LogP contribution in [0.4, 0.5) is 9.59 Å². The van der Waals surface area contributed by atoms with Gasteiger partial charge in [-0.25, -0.2) is 23.0 Å². The molecule has 0 unspecified atom stereocenters. The molecule has 0 aromatic carbocycles. The fourth-order valence-electron chi connectivity index (χ4n) is 3.37. The molecule has 1 aromatic heterocycles. The number of rotatable bonds is 8. The number of alkyl carbamates (subject to hydrolysis) is 1. The van der Waals surface area contributed by atoms with Gasteiger partial charge in [-0.1, -0.05) is 0 Å². The second-order valence-corrected chi connectivity index (χ2v) is 10.1. The van der Waals surface area contributed by atoms with E-state index in [0.29, 0.717) is 15.6 Å². The van der Waals surface area contributed by atoms with Crippen molar-refractivity contribution in [3.8, 4) is 0 Å². The van der Waals surface area contributed by atoms with E-state index in [4.69, 9.17) is 4.74 Å². The van der Waals surface area contributed by atoms with Crippen LogP contribution in [-0.4, -0.2) is 83.3 Å². The molecular formula is C18H24N5NaO8S2. The smallest absolute Gasteiger partial charge is 0.724 e. The van der Waals surface area contributed by atoms with E-state index >= 15 is 0 Å². The van der Waals surface area contributed by atoms with E-state index in [1.54, 1.807) is 38.4 Å². The molecule has 3 rings (SSSR count). The van der Waals surface area contributed by atoms with Crippen LogP contribution in [0, 0.1) is 0 Å². The molecule has 0 radical (unpaired) electrons. The van der Waals surface area contributed by atoms with Crippen molar-refractivity contribution in [1.29, 1.82) is 0 Å².